The molecule has 0 radical (unpaired) electrons. The Kier molecular flexibility index (Phi) is 4.82. The molecule has 0 fully saturated rings. The highest BCUT2D eigenvalue weighted by atomic mass is 16.5. The Balaban J connectivity index is 1.76. The van der Waals surface area contributed by atoms with Crippen molar-refractivity contribution in [3.8, 4) is 0 Å². The lowest BCUT2D eigenvalue weighted by atomic mass is 10.0. The topological polar surface area (TPSA) is 21.3 Å². The summed E-state index contributed by atoms with van der Waals surface area (Å²) in [5, 5.41) is 3.57. The van der Waals surface area contributed by atoms with E-state index in [0.717, 1.165) is 25.8 Å². The van der Waals surface area contributed by atoms with E-state index in [1.54, 1.807) is 0 Å². The minimum Gasteiger partial charge on any atom is -0.497 e. The summed E-state index contributed by atoms with van der Waals surface area (Å²) in [7, 11) is 0. The summed E-state index contributed by atoms with van der Waals surface area (Å²) < 4.78 is 5.56. The molecule has 2 nitrogen and oxygen atoms in total. The number of benzene rings is 1. The normalized spacial score (nSPS) is 20.4. The molecule has 0 aromatic heterocycles. The van der Waals surface area contributed by atoms with Crippen molar-refractivity contribution in [3.05, 3.63) is 47.7 Å². The van der Waals surface area contributed by atoms with Gasteiger partial charge in [-0.1, -0.05) is 24.3 Å². The first-order valence-electron chi connectivity index (χ1n) is 6.84. The molecule has 18 heavy (non-hydrogen) atoms. The zero-order valence-corrected chi connectivity index (χ0v) is 11.4. The number of nitrogens with one attached hydrogen (secondary N) is 1. The van der Waals surface area contributed by atoms with Crippen LogP contribution in [0.5, 0.6) is 0 Å². The van der Waals surface area contributed by atoms with Crippen molar-refractivity contribution in [2.75, 3.05) is 6.54 Å². The van der Waals surface area contributed by atoms with E-state index in [4.69, 9.17) is 4.74 Å². The van der Waals surface area contributed by atoms with E-state index in [2.05, 4.69) is 49.5 Å². The fraction of sp³-hybridized carbons (Fsp3) is 0.500. The highest BCUT2D eigenvalue weighted by Gasteiger charge is 2.12. The van der Waals surface area contributed by atoms with Gasteiger partial charge in [-0.15, -0.1) is 0 Å². The average molecular weight is 245 g/mol. The maximum atomic E-state index is 5.56. The van der Waals surface area contributed by atoms with Gasteiger partial charge in [-0.3, -0.25) is 0 Å². The third kappa shape index (κ3) is 3.88. The Morgan fingerprint density at radius 2 is 2.22 bits per heavy atom. The summed E-state index contributed by atoms with van der Waals surface area (Å²) in [5.74, 6) is 0. The number of hydrogen-bond acceptors (Lipinski definition) is 2. The molecule has 2 rings (SSSR count). The average Bonchev–Trinajstić information content (AvgIpc) is 2.40. The Morgan fingerprint density at radius 3 is 2.94 bits per heavy atom. The van der Waals surface area contributed by atoms with Crippen molar-refractivity contribution in [1.82, 2.24) is 5.32 Å². The molecule has 0 saturated carbocycles. The number of allylic oxidation sites excluding steroid dienone is 1. The van der Waals surface area contributed by atoms with E-state index in [9.17, 15) is 0 Å². The van der Waals surface area contributed by atoms with E-state index in [0.29, 0.717) is 12.1 Å². The minimum absolute atomic E-state index is 0.342. The second-order valence-corrected chi connectivity index (χ2v) is 5.15. The number of rotatable bonds is 5. The molecule has 1 aliphatic rings. The van der Waals surface area contributed by atoms with Gasteiger partial charge in [0.25, 0.3) is 0 Å². The van der Waals surface area contributed by atoms with Crippen LogP contribution in [0.4, 0.5) is 0 Å². The molecule has 0 bridgehead atoms. The molecule has 2 heteroatoms. The Morgan fingerprint density at radius 1 is 1.39 bits per heavy atom. The molecule has 2 unspecified atom stereocenters. The molecule has 0 spiro atoms. The van der Waals surface area contributed by atoms with Gasteiger partial charge in [0.2, 0.25) is 0 Å². The third-order valence-electron chi connectivity index (χ3n) is 3.50. The quantitative estimate of drug-likeness (QED) is 0.860. The van der Waals surface area contributed by atoms with Gasteiger partial charge >= 0.3 is 0 Å². The van der Waals surface area contributed by atoms with Crippen molar-refractivity contribution < 1.29 is 4.74 Å². The van der Waals surface area contributed by atoms with Gasteiger partial charge in [0.1, 0.15) is 6.10 Å². The summed E-state index contributed by atoms with van der Waals surface area (Å²) >= 11 is 0. The summed E-state index contributed by atoms with van der Waals surface area (Å²) in [6.07, 6.45) is 7.61. The van der Waals surface area contributed by atoms with Gasteiger partial charge in [0.05, 0.1) is 6.26 Å². The molecule has 0 saturated heterocycles. The largest absolute Gasteiger partial charge is 0.497 e. The van der Waals surface area contributed by atoms with E-state index >= 15 is 0 Å². The van der Waals surface area contributed by atoms with Crippen molar-refractivity contribution in [2.45, 2.75) is 45.3 Å². The third-order valence-corrected chi connectivity index (χ3v) is 3.50. The van der Waals surface area contributed by atoms with Gasteiger partial charge < -0.3 is 10.1 Å². The fourth-order valence-corrected chi connectivity index (χ4v) is 2.31. The molecule has 1 aliphatic heterocycles. The molecule has 1 heterocycles. The Labute approximate surface area is 110 Å². The molecular weight excluding hydrogens is 222 g/mol. The van der Waals surface area contributed by atoms with Gasteiger partial charge in [0.15, 0.2) is 0 Å². The lowest BCUT2D eigenvalue weighted by Crippen LogP contribution is -2.36. The molecular formula is C16H23NO. The SMILES string of the molecule is Cc1ccccc1CC(C)NCC1CCC=CO1. The van der Waals surface area contributed by atoms with Crippen LogP contribution in [0.3, 0.4) is 0 Å². The van der Waals surface area contributed by atoms with Gasteiger partial charge in [-0.25, -0.2) is 0 Å². The second kappa shape index (κ2) is 6.60. The fourth-order valence-electron chi connectivity index (χ4n) is 2.31. The summed E-state index contributed by atoms with van der Waals surface area (Å²) in [4.78, 5) is 0. The predicted molar refractivity (Wildman–Crippen MR) is 75.6 cm³/mol. The Bertz CT molecular complexity index is 400. The van der Waals surface area contributed by atoms with Crippen LogP contribution in [0.25, 0.3) is 0 Å². The standard InChI is InChI=1S/C16H23NO/c1-13-7-3-4-8-15(13)11-14(2)17-12-16-9-5-6-10-18-16/h3-4,6-8,10,14,16-17H,5,9,11-12H2,1-2H3. The van der Waals surface area contributed by atoms with E-state index < -0.39 is 0 Å². The number of ether oxygens (including phenoxy) is 1. The first-order chi connectivity index (χ1) is 8.75. The zero-order valence-electron chi connectivity index (χ0n) is 11.4. The lowest BCUT2D eigenvalue weighted by molar-refractivity contribution is 0.120. The minimum atomic E-state index is 0.342. The van der Waals surface area contributed by atoms with Gasteiger partial charge in [0, 0.05) is 12.6 Å². The Hall–Kier alpha value is -1.28. The molecule has 98 valence electrons. The van der Waals surface area contributed by atoms with Crippen LogP contribution in [-0.2, 0) is 11.2 Å². The lowest BCUT2D eigenvalue weighted by Gasteiger charge is -2.22. The molecule has 1 N–H and O–H groups in total. The molecule has 0 aliphatic carbocycles. The van der Waals surface area contributed by atoms with E-state index in [1.807, 2.05) is 6.26 Å². The van der Waals surface area contributed by atoms with E-state index in [1.165, 1.54) is 11.1 Å². The zero-order chi connectivity index (χ0) is 12.8. The second-order valence-electron chi connectivity index (χ2n) is 5.15. The summed E-state index contributed by atoms with van der Waals surface area (Å²) in [6.45, 7) is 5.36. The molecule has 1 aromatic rings. The van der Waals surface area contributed by atoms with Gasteiger partial charge in [-0.05, 0) is 50.3 Å². The number of hydrogen-bond donors (Lipinski definition) is 1. The van der Waals surface area contributed by atoms with E-state index in [-0.39, 0.29) is 0 Å². The van der Waals surface area contributed by atoms with Crippen LogP contribution in [0.1, 0.15) is 30.9 Å². The maximum absolute atomic E-state index is 5.56. The first kappa shape index (κ1) is 13.2. The van der Waals surface area contributed by atoms with Crippen molar-refractivity contribution in [2.24, 2.45) is 0 Å². The van der Waals surface area contributed by atoms with Gasteiger partial charge in [-0.2, -0.15) is 0 Å². The van der Waals surface area contributed by atoms with Crippen LogP contribution in [0.2, 0.25) is 0 Å². The van der Waals surface area contributed by atoms with Crippen molar-refractivity contribution in [3.63, 3.8) is 0 Å². The highest BCUT2D eigenvalue weighted by molar-refractivity contribution is 5.26. The van der Waals surface area contributed by atoms with Crippen LogP contribution in [-0.4, -0.2) is 18.7 Å². The highest BCUT2D eigenvalue weighted by Crippen LogP contribution is 2.11. The van der Waals surface area contributed by atoms with Crippen molar-refractivity contribution >= 4 is 0 Å². The summed E-state index contributed by atoms with van der Waals surface area (Å²) in [5.41, 5.74) is 2.81. The monoisotopic (exact) mass is 245 g/mol. The summed E-state index contributed by atoms with van der Waals surface area (Å²) in [6, 6.07) is 9.09. The number of aryl methyl sites for hydroxylation is 1. The molecule has 2 atom stereocenters. The predicted octanol–water partition coefficient (Wildman–Crippen LogP) is 3.21. The molecule has 0 amide bonds. The van der Waals surface area contributed by atoms with Crippen LogP contribution in [0.15, 0.2) is 36.6 Å². The van der Waals surface area contributed by atoms with Crippen LogP contribution >= 0.6 is 0 Å². The molecule has 1 aromatic carbocycles. The maximum Gasteiger partial charge on any atom is 0.110 e. The first-order valence-corrected chi connectivity index (χ1v) is 6.84. The smallest absolute Gasteiger partial charge is 0.110 e. The van der Waals surface area contributed by atoms with Crippen LogP contribution in [0, 0.1) is 6.92 Å². The van der Waals surface area contributed by atoms with Crippen molar-refractivity contribution in [1.29, 1.82) is 0 Å². The van der Waals surface area contributed by atoms with Crippen LogP contribution < -0.4 is 5.32 Å².